The molecule has 4 nitrogen and oxygen atoms in total. The molecule has 0 radical (unpaired) electrons. The van der Waals surface area contributed by atoms with Gasteiger partial charge >= 0.3 is 0 Å². The maximum absolute atomic E-state index is 12.9. The Balaban J connectivity index is 1.89. The molecule has 2 aromatic rings. The predicted octanol–water partition coefficient (Wildman–Crippen LogP) is 4.50. The van der Waals surface area contributed by atoms with Crippen LogP contribution in [0.2, 0.25) is 0 Å². The van der Waals surface area contributed by atoms with Crippen LogP contribution >= 0.6 is 0 Å². The second-order valence-corrected chi connectivity index (χ2v) is 6.45. The number of carbonyl (C=O) groups excluding carboxylic acids is 1. The van der Waals surface area contributed by atoms with Gasteiger partial charge < -0.3 is 0 Å². The van der Waals surface area contributed by atoms with E-state index in [-0.39, 0.29) is 23.2 Å². The third kappa shape index (κ3) is 3.58. The first-order valence-corrected chi connectivity index (χ1v) is 8.30. The summed E-state index contributed by atoms with van der Waals surface area (Å²) in [5.74, 6) is -0.418. The Morgan fingerprint density at radius 2 is 1.78 bits per heavy atom. The Morgan fingerprint density at radius 3 is 2.48 bits per heavy atom. The van der Waals surface area contributed by atoms with Crippen LogP contribution in [-0.2, 0) is 0 Å². The molecule has 1 atom stereocenters. The number of hydrogen-bond acceptors (Lipinski definition) is 3. The van der Waals surface area contributed by atoms with Gasteiger partial charge in [-0.3, -0.25) is 14.9 Å². The second-order valence-electron chi connectivity index (χ2n) is 6.45. The topological polar surface area (TPSA) is 60.2 Å². The molecule has 0 spiro atoms. The standard InChI is InChI=1S/C19H21NO3/c21-19(17-11-10-14-6-4-5-9-16(14)12-17)18(13-20(22)23)15-7-2-1-3-8-15/h4-6,9-12,15,18H,1-3,7-8,13H2. The average Bonchev–Trinajstić information content (AvgIpc) is 2.59. The fraction of sp³-hybridized carbons (Fsp3) is 0.421. The zero-order valence-corrected chi connectivity index (χ0v) is 13.1. The lowest BCUT2D eigenvalue weighted by Gasteiger charge is -2.27. The SMILES string of the molecule is O=C(c1ccc2ccccc2c1)C(C[N+](=O)[O-])C1CCCCC1. The van der Waals surface area contributed by atoms with Crippen molar-refractivity contribution in [2.45, 2.75) is 32.1 Å². The maximum atomic E-state index is 12.9. The van der Waals surface area contributed by atoms with E-state index in [4.69, 9.17) is 0 Å². The molecule has 4 heteroatoms. The highest BCUT2D eigenvalue weighted by Crippen LogP contribution is 2.32. The average molecular weight is 311 g/mol. The third-order valence-corrected chi connectivity index (χ3v) is 4.94. The molecule has 0 amide bonds. The van der Waals surface area contributed by atoms with E-state index in [0.717, 1.165) is 36.5 Å². The van der Waals surface area contributed by atoms with E-state index in [9.17, 15) is 14.9 Å². The van der Waals surface area contributed by atoms with Gasteiger partial charge in [-0.05, 0) is 35.6 Å². The van der Waals surface area contributed by atoms with Gasteiger partial charge in [-0.15, -0.1) is 0 Å². The molecule has 0 bridgehead atoms. The van der Waals surface area contributed by atoms with Gasteiger partial charge in [0.1, 0.15) is 0 Å². The maximum Gasteiger partial charge on any atom is 0.214 e. The number of nitro groups is 1. The number of benzene rings is 2. The van der Waals surface area contributed by atoms with Crippen LogP contribution in [-0.4, -0.2) is 17.3 Å². The van der Waals surface area contributed by atoms with Crippen molar-refractivity contribution in [3.63, 3.8) is 0 Å². The summed E-state index contributed by atoms with van der Waals surface area (Å²) in [6, 6.07) is 13.5. The first-order chi connectivity index (χ1) is 11.1. The lowest BCUT2D eigenvalue weighted by atomic mass is 9.76. The molecule has 1 saturated carbocycles. The van der Waals surface area contributed by atoms with E-state index >= 15 is 0 Å². The molecule has 23 heavy (non-hydrogen) atoms. The lowest BCUT2D eigenvalue weighted by molar-refractivity contribution is -0.487. The van der Waals surface area contributed by atoms with Crippen molar-refractivity contribution in [1.29, 1.82) is 0 Å². The summed E-state index contributed by atoms with van der Waals surface area (Å²) in [5, 5.41) is 13.1. The second kappa shape index (κ2) is 6.90. The molecule has 1 fully saturated rings. The molecule has 2 aromatic carbocycles. The van der Waals surface area contributed by atoms with Gasteiger partial charge in [0, 0.05) is 10.5 Å². The Labute approximate surface area is 135 Å². The van der Waals surface area contributed by atoms with Crippen molar-refractivity contribution < 1.29 is 9.72 Å². The number of ketones is 1. The first-order valence-electron chi connectivity index (χ1n) is 8.30. The van der Waals surface area contributed by atoms with Crippen molar-refractivity contribution in [3.8, 4) is 0 Å². The highest BCUT2D eigenvalue weighted by molar-refractivity contribution is 6.01. The lowest BCUT2D eigenvalue weighted by Crippen LogP contribution is -2.32. The molecule has 0 heterocycles. The van der Waals surface area contributed by atoms with Crippen molar-refractivity contribution in [1.82, 2.24) is 0 Å². The number of hydrogen-bond donors (Lipinski definition) is 0. The molecule has 1 aliphatic carbocycles. The van der Waals surface area contributed by atoms with Crippen molar-refractivity contribution in [2.24, 2.45) is 11.8 Å². The minimum atomic E-state index is -0.494. The fourth-order valence-electron chi connectivity index (χ4n) is 3.70. The van der Waals surface area contributed by atoms with Crippen LogP contribution in [0.4, 0.5) is 0 Å². The Kier molecular flexibility index (Phi) is 4.70. The van der Waals surface area contributed by atoms with Crippen LogP contribution < -0.4 is 0 Å². The summed E-state index contributed by atoms with van der Waals surface area (Å²) >= 11 is 0. The van der Waals surface area contributed by atoms with Crippen LogP contribution in [0.15, 0.2) is 42.5 Å². The number of carbonyl (C=O) groups is 1. The molecule has 3 rings (SSSR count). The molecular weight excluding hydrogens is 290 g/mol. The van der Waals surface area contributed by atoms with E-state index in [1.807, 2.05) is 36.4 Å². The smallest absolute Gasteiger partial charge is 0.214 e. The van der Waals surface area contributed by atoms with Gasteiger partial charge in [0.2, 0.25) is 6.54 Å². The molecular formula is C19H21NO3. The van der Waals surface area contributed by atoms with E-state index < -0.39 is 5.92 Å². The summed E-state index contributed by atoms with van der Waals surface area (Å²) < 4.78 is 0. The van der Waals surface area contributed by atoms with E-state index in [0.29, 0.717) is 5.56 Å². The van der Waals surface area contributed by atoms with Crippen LogP contribution in [0.3, 0.4) is 0 Å². The van der Waals surface area contributed by atoms with Gasteiger partial charge in [-0.25, -0.2) is 0 Å². The normalized spacial score (nSPS) is 17.0. The zero-order valence-electron chi connectivity index (χ0n) is 13.1. The van der Waals surface area contributed by atoms with Gasteiger partial charge in [0.05, 0.1) is 5.92 Å². The van der Waals surface area contributed by atoms with Crippen LogP contribution in [0.25, 0.3) is 10.8 Å². The molecule has 0 saturated heterocycles. The quantitative estimate of drug-likeness (QED) is 0.464. The highest BCUT2D eigenvalue weighted by Gasteiger charge is 2.34. The van der Waals surface area contributed by atoms with Crippen molar-refractivity contribution >= 4 is 16.6 Å². The number of rotatable bonds is 5. The summed E-state index contributed by atoms with van der Waals surface area (Å²) in [5.41, 5.74) is 0.598. The van der Waals surface area contributed by atoms with Gasteiger partial charge in [-0.1, -0.05) is 55.7 Å². The fourth-order valence-corrected chi connectivity index (χ4v) is 3.70. The first kappa shape index (κ1) is 15.7. The summed E-state index contributed by atoms with van der Waals surface area (Å²) in [6.07, 6.45) is 5.18. The molecule has 0 aliphatic heterocycles. The molecule has 120 valence electrons. The predicted molar refractivity (Wildman–Crippen MR) is 90.2 cm³/mol. The Bertz CT molecular complexity index is 719. The highest BCUT2D eigenvalue weighted by atomic mass is 16.6. The summed E-state index contributed by atoms with van der Waals surface area (Å²) in [6.45, 7) is -0.254. The molecule has 1 aliphatic rings. The summed E-state index contributed by atoms with van der Waals surface area (Å²) in [7, 11) is 0. The third-order valence-electron chi connectivity index (χ3n) is 4.94. The number of nitrogens with zero attached hydrogens (tertiary/aromatic N) is 1. The summed E-state index contributed by atoms with van der Waals surface area (Å²) in [4.78, 5) is 23.6. The minimum absolute atomic E-state index is 0.0700. The Morgan fingerprint density at radius 1 is 1.09 bits per heavy atom. The minimum Gasteiger partial charge on any atom is -0.294 e. The van der Waals surface area contributed by atoms with E-state index in [1.54, 1.807) is 6.07 Å². The zero-order chi connectivity index (χ0) is 16.2. The van der Waals surface area contributed by atoms with Gasteiger partial charge in [0.25, 0.3) is 0 Å². The van der Waals surface area contributed by atoms with Crippen LogP contribution in [0.5, 0.6) is 0 Å². The van der Waals surface area contributed by atoms with Gasteiger partial charge in [-0.2, -0.15) is 0 Å². The molecule has 0 N–H and O–H groups in total. The largest absolute Gasteiger partial charge is 0.294 e. The molecule has 0 aromatic heterocycles. The van der Waals surface area contributed by atoms with Crippen molar-refractivity contribution in [2.75, 3.05) is 6.54 Å². The number of fused-ring (bicyclic) bond motifs is 1. The van der Waals surface area contributed by atoms with E-state index in [1.165, 1.54) is 6.42 Å². The van der Waals surface area contributed by atoms with E-state index in [2.05, 4.69) is 0 Å². The Hall–Kier alpha value is -2.23. The van der Waals surface area contributed by atoms with Crippen LogP contribution in [0.1, 0.15) is 42.5 Å². The number of Topliss-reactive ketones (excluding diaryl/α,β-unsaturated/α-hetero) is 1. The van der Waals surface area contributed by atoms with Gasteiger partial charge in [0.15, 0.2) is 5.78 Å². The van der Waals surface area contributed by atoms with Crippen LogP contribution in [0, 0.1) is 22.0 Å². The monoisotopic (exact) mass is 311 g/mol. The van der Waals surface area contributed by atoms with Crippen molar-refractivity contribution in [3.05, 3.63) is 58.1 Å². The molecule has 1 unspecified atom stereocenters.